The molecule has 0 spiro atoms. The van der Waals surface area contributed by atoms with Crippen LogP contribution in [-0.4, -0.2) is 12.2 Å². The lowest BCUT2D eigenvalue weighted by Crippen LogP contribution is -2.25. The highest BCUT2D eigenvalue weighted by atomic mass is 79.9. The van der Waals surface area contributed by atoms with Crippen LogP contribution in [0, 0.1) is 0 Å². The highest BCUT2D eigenvalue weighted by molar-refractivity contribution is 8.93. The van der Waals surface area contributed by atoms with Crippen molar-refractivity contribution in [1.82, 2.24) is 0 Å². The average molecular weight is 364 g/mol. The van der Waals surface area contributed by atoms with Gasteiger partial charge < -0.3 is 4.74 Å². The summed E-state index contributed by atoms with van der Waals surface area (Å²) in [5.41, 5.74) is 5.55. The topological polar surface area (TPSA) is 52.3 Å². The van der Waals surface area contributed by atoms with Crippen LogP contribution >= 0.6 is 17.0 Å². The fraction of sp³-hybridized carbons (Fsp3) is 0.824. The highest BCUT2D eigenvalue weighted by Crippen LogP contribution is 2.09. The summed E-state index contributed by atoms with van der Waals surface area (Å²) in [7, 11) is 0. The molecule has 0 saturated heterocycles. The number of rotatable bonds is 13. The summed E-state index contributed by atoms with van der Waals surface area (Å²) in [6.45, 7) is 4.13. The first-order valence-electron chi connectivity index (χ1n) is 8.30. The Labute approximate surface area is 141 Å². The normalized spacial score (nSPS) is 12.1. The molecule has 0 amide bonds. The number of carbonyl (C=O) groups is 1. The van der Waals surface area contributed by atoms with Gasteiger partial charge in [-0.2, -0.15) is 0 Å². The van der Waals surface area contributed by atoms with Crippen LogP contribution in [0.5, 0.6) is 0 Å². The second-order valence-electron chi connectivity index (χ2n) is 5.36. The predicted octanol–water partition coefficient (Wildman–Crippen LogP) is 5.28. The maximum Gasteiger partial charge on any atom is 0.307 e. The van der Waals surface area contributed by atoms with Gasteiger partial charge in [0.15, 0.2) is 6.23 Å². The third-order valence-corrected chi connectivity index (χ3v) is 3.33. The number of ether oxygens (including phenoxy) is 1. The fourth-order valence-corrected chi connectivity index (χ4v) is 1.93. The molecule has 0 aromatic heterocycles. The van der Waals surface area contributed by atoms with E-state index in [0.29, 0.717) is 12.8 Å². The zero-order valence-corrected chi connectivity index (χ0v) is 15.5. The minimum absolute atomic E-state index is 0. The molecule has 0 fully saturated rings. The lowest BCUT2D eigenvalue weighted by atomic mass is 10.1. The van der Waals surface area contributed by atoms with Crippen molar-refractivity contribution in [3.63, 3.8) is 0 Å². The van der Waals surface area contributed by atoms with Crippen molar-refractivity contribution in [3.8, 4) is 0 Å². The standard InChI is InChI=1S/C17H33NO2.BrH/c1-3-5-6-7-8-9-10-11-12-13-14-15-17(19)20-16(18)4-2;/h7-8,16H,3-6,9-15,18H2,1-2H3;1H. The molecule has 3 nitrogen and oxygen atoms in total. The van der Waals surface area contributed by atoms with E-state index in [1.807, 2.05) is 6.92 Å². The first kappa shape index (κ1) is 22.9. The Balaban J connectivity index is 0. The molecule has 0 bridgehead atoms. The number of hydrogen-bond donors (Lipinski definition) is 1. The maximum absolute atomic E-state index is 11.4. The minimum atomic E-state index is -0.429. The summed E-state index contributed by atoms with van der Waals surface area (Å²) in [6, 6.07) is 0. The van der Waals surface area contributed by atoms with E-state index in [1.54, 1.807) is 0 Å². The van der Waals surface area contributed by atoms with Crippen LogP contribution in [-0.2, 0) is 9.53 Å². The van der Waals surface area contributed by atoms with E-state index >= 15 is 0 Å². The van der Waals surface area contributed by atoms with E-state index in [2.05, 4.69) is 19.1 Å². The second-order valence-corrected chi connectivity index (χ2v) is 5.36. The smallest absolute Gasteiger partial charge is 0.307 e. The van der Waals surface area contributed by atoms with Crippen LogP contribution in [0.4, 0.5) is 0 Å². The van der Waals surface area contributed by atoms with Crippen LogP contribution in [0.1, 0.15) is 84.5 Å². The lowest BCUT2D eigenvalue weighted by molar-refractivity contribution is -0.149. The van der Waals surface area contributed by atoms with Crippen molar-refractivity contribution < 1.29 is 9.53 Å². The maximum atomic E-state index is 11.4. The van der Waals surface area contributed by atoms with Gasteiger partial charge in [0, 0.05) is 6.42 Å². The molecule has 0 heterocycles. The van der Waals surface area contributed by atoms with Crippen LogP contribution in [0.2, 0.25) is 0 Å². The first-order valence-corrected chi connectivity index (χ1v) is 8.30. The molecule has 126 valence electrons. The molecule has 1 unspecified atom stereocenters. The Morgan fingerprint density at radius 3 is 2.19 bits per heavy atom. The second kappa shape index (κ2) is 17.7. The van der Waals surface area contributed by atoms with E-state index in [4.69, 9.17) is 10.5 Å². The van der Waals surface area contributed by atoms with Gasteiger partial charge >= 0.3 is 5.97 Å². The highest BCUT2D eigenvalue weighted by Gasteiger charge is 2.06. The van der Waals surface area contributed by atoms with Gasteiger partial charge in [-0.25, -0.2) is 0 Å². The number of halogens is 1. The van der Waals surface area contributed by atoms with Gasteiger partial charge in [0.1, 0.15) is 0 Å². The third-order valence-electron chi connectivity index (χ3n) is 3.33. The summed E-state index contributed by atoms with van der Waals surface area (Å²) >= 11 is 0. The molecule has 0 aliphatic rings. The third kappa shape index (κ3) is 17.6. The number of hydrogen-bond acceptors (Lipinski definition) is 3. The average Bonchev–Trinajstić information content (AvgIpc) is 2.44. The number of esters is 1. The van der Waals surface area contributed by atoms with Crippen molar-refractivity contribution in [2.75, 3.05) is 0 Å². The summed E-state index contributed by atoms with van der Waals surface area (Å²) < 4.78 is 5.02. The molecule has 4 heteroatoms. The molecular weight excluding hydrogens is 330 g/mol. The zero-order chi connectivity index (χ0) is 15.1. The Kier molecular flexibility index (Phi) is 19.3. The first-order chi connectivity index (χ1) is 9.70. The van der Waals surface area contributed by atoms with E-state index in [0.717, 1.165) is 12.8 Å². The van der Waals surface area contributed by atoms with E-state index in [-0.39, 0.29) is 23.0 Å². The Hall–Kier alpha value is -0.350. The monoisotopic (exact) mass is 363 g/mol. The van der Waals surface area contributed by atoms with Crippen molar-refractivity contribution in [2.45, 2.75) is 90.7 Å². The van der Waals surface area contributed by atoms with Gasteiger partial charge in [-0.3, -0.25) is 10.5 Å². The van der Waals surface area contributed by atoms with Crippen LogP contribution in [0.25, 0.3) is 0 Å². The fourth-order valence-electron chi connectivity index (χ4n) is 1.93. The van der Waals surface area contributed by atoms with Crippen LogP contribution in [0.3, 0.4) is 0 Å². The van der Waals surface area contributed by atoms with E-state index in [9.17, 15) is 4.79 Å². The van der Waals surface area contributed by atoms with Gasteiger partial charge in [0.2, 0.25) is 0 Å². The molecule has 0 aliphatic carbocycles. The SMILES string of the molecule is Br.CCCCC=CCCCCCCCC(=O)OC(N)CC. The number of carbonyl (C=O) groups excluding carboxylic acids is 1. The Morgan fingerprint density at radius 1 is 1.00 bits per heavy atom. The molecule has 0 saturated carbocycles. The van der Waals surface area contributed by atoms with Crippen molar-refractivity contribution in [1.29, 1.82) is 0 Å². The molecule has 1 atom stereocenters. The summed E-state index contributed by atoms with van der Waals surface area (Å²) in [4.78, 5) is 11.4. The van der Waals surface area contributed by atoms with Gasteiger partial charge in [0.05, 0.1) is 0 Å². The molecule has 0 aliphatic heterocycles. The number of nitrogens with two attached hydrogens (primary N) is 1. The zero-order valence-electron chi connectivity index (χ0n) is 13.8. The van der Waals surface area contributed by atoms with E-state index in [1.165, 1.54) is 44.9 Å². The van der Waals surface area contributed by atoms with Gasteiger partial charge in [0.25, 0.3) is 0 Å². The van der Waals surface area contributed by atoms with Gasteiger partial charge in [-0.05, 0) is 32.1 Å². The molecular formula is C17H34BrNO2. The molecule has 0 rings (SSSR count). The molecule has 0 aromatic carbocycles. The van der Waals surface area contributed by atoms with Crippen LogP contribution < -0.4 is 5.73 Å². The number of unbranched alkanes of at least 4 members (excludes halogenated alkanes) is 7. The largest absolute Gasteiger partial charge is 0.447 e. The molecule has 21 heavy (non-hydrogen) atoms. The van der Waals surface area contributed by atoms with Crippen LogP contribution in [0.15, 0.2) is 12.2 Å². The molecule has 0 aromatic rings. The quantitative estimate of drug-likeness (QED) is 0.209. The summed E-state index contributed by atoms with van der Waals surface area (Å²) in [5.74, 6) is -0.154. The Morgan fingerprint density at radius 2 is 1.57 bits per heavy atom. The van der Waals surface area contributed by atoms with Crippen molar-refractivity contribution >= 4 is 23.0 Å². The van der Waals surface area contributed by atoms with Gasteiger partial charge in [-0.15, -0.1) is 17.0 Å². The summed E-state index contributed by atoms with van der Waals surface area (Å²) in [6.07, 6.45) is 16.1. The minimum Gasteiger partial charge on any atom is -0.447 e. The number of allylic oxidation sites excluding steroid dienone is 2. The lowest BCUT2D eigenvalue weighted by Gasteiger charge is -2.10. The van der Waals surface area contributed by atoms with E-state index < -0.39 is 6.23 Å². The van der Waals surface area contributed by atoms with Crippen molar-refractivity contribution in [3.05, 3.63) is 12.2 Å². The summed E-state index contributed by atoms with van der Waals surface area (Å²) in [5, 5.41) is 0. The molecule has 0 radical (unpaired) electrons. The van der Waals surface area contributed by atoms with Gasteiger partial charge in [-0.1, -0.05) is 58.1 Å². The Bertz CT molecular complexity index is 257. The van der Waals surface area contributed by atoms with Crippen molar-refractivity contribution in [2.24, 2.45) is 5.73 Å². The molecule has 2 N–H and O–H groups in total. The predicted molar refractivity (Wildman–Crippen MR) is 95.7 cm³/mol.